The molecule has 0 unspecified atom stereocenters. The van der Waals surface area contributed by atoms with Crippen LogP contribution in [0.2, 0.25) is 0 Å². The third kappa shape index (κ3) is 3.69. The van der Waals surface area contributed by atoms with Crippen molar-refractivity contribution in [3.8, 4) is 0 Å². The van der Waals surface area contributed by atoms with Crippen molar-refractivity contribution >= 4 is 10.0 Å². The van der Waals surface area contributed by atoms with Crippen molar-refractivity contribution in [1.82, 2.24) is 9.71 Å². The van der Waals surface area contributed by atoms with Crippen molar-refractivity contribution in [1.29, 1.82) is 0 Å². The number of nitrogens with zero attached hydrogens (tertiary/aromatic N) is 1. The molecule has 0 radical (unpaired) electrons. The molecule has 0 saturated heterocycles. The molecule has 0 aromatic carbocycles. The predicted octanol–water partition coefficient (Wildman–Crippen LogP) is 0.0139. The number of halogens is 1. The van der Waals surface area contributed by atoms with E-state index in [9.17, 15) is 12.8 Å². The average molecular weight is 245 g/mol. The second-order valence-corrected chi connectivity index (χ2v) is 4.66. The van der Waals surface area contributed by atoms with Crippen LogP contribution in [0.1, 0.15) is 0 Å². The van der Waals surface area contributed by atoms with Crippen molar-refractivity contribution in [3.63, 3.8) is 0 Å². The lowest BCUT2D eigenvalue weighted by Gasteiger charge is -2.03. The van der Waals surface area contributed by atoms with E-state index in [2.05, 4.69) is 9.71 Å². The van der Waals surface area contributed by atoms with Crippen molar-refractivity contribution in [2.45, 2.75) is 4.90 Å². The van der Waals surface area contributed by atoms with Gasteiger partial charge in [0.15, 0.2) is 0 Å². The number of sulfonamides is 1. The van der Waals surface area contributed by atoms with Crippen LogP contribution in [0.3, 0.4) is 0 Å². The molecule has 5 nitrogen and oxygen atoms in total. The van der Waals surface area contributed by atoms with Crippen molar-refractivity contribution in [2.24, 2.45) is 5.73 Å². The van der Waals surface area contributed by atoms with E-state index in [1.165, 1.54) is 0 Å². The monoisotopic (exact) mass is 245 g/mol. The maximum absolute atomic E-state index is 12.8. The van der Waals surface area contributed by atoms with E-state index in [1.54, 1.807) is 12.2 Å². The minimum Gasteiger partial charge on any atom is -0.327 e. The average Bonchev–Trinajstić information content (AvgIpc) is 2.24. The zero-order valence-electron chi connectivity index (χ0n) is 8.43. The molecule has 0 saturated carbocycles. The van der Waals surface area contributed by atoms with Gasteiger partial charge in [-0.05, 0) is 6.07 Å². The van der Waals surface area contributed by atoms with E-state index in [0.717, 1.165) is 18.5 Å². The fourth-order valence-electron chi connectivity index (χ4n) is 0.960. The first-order valence-corrected chi connectivity index (χ1v) is 6.00. The number of nitrogens with one attached hydrogen (secondary N) is 1. The standard InChI is InChI=1S/C9H12FN3O2S/c10-8-5-9(7-12-6-8)16(14,15)13-4-2-1-3-11/h1-2,5-7,13H,3-4,11H2/b2-1+. The van der Waals surface area contributed by atoms with Crippen LogP contribution >= 0.6 is 0 Å². The third-order valence-electron chi connectivity index (χ3n) is 1.68. The van der Waals surface area contributed by atoms with Gasteiger partial charge in [-0.15, -0.1) is 0 Å². The smallest absolute Gasteiger partial charge is 0.242 e. The Morgan fingerprint density at radius 1 is 1.44 bits per heavy atom. The Bertz CT molecular complexity index is 473. The quantitative estimate of drug-likeness (QED) is 0.716. The van der Waals surface area contributed by atoms with Gasteiger partial charge in [0, 0.05) is 19.3 Å². The molecule has 88 valence electrons. The topological polar surface area (TPSA) is 85.1 Å². The lowest BCUT2D eigenvalue weighted by Crippen LogP contribution is -2.24. The van der Waals surface area contributed by atoms with Crippen LogP contribution in [-0.4, -0.2) is 26.5 Å². The summed E-state index contributed by atoms with van der Waals surface area (Å²) in [5, 5.41) is 0. The Morgan fingerprint density at radius 2 is 2.19 bits per heavy atom. The van der Waals surface area contributed by atoms with Gasteiger partial charge in [0.05, 0.1) is 6.20 Å². The molecular formula is C9H12FN3O2S. The molecule has 1 aromatic heterocycles. The molecule has 0 atom stereocenters. The zero-order chi connectivity index (χ0) is 12.0. The molecule has 0 amide bonds. The molecule has 0 fully saturated rings. The van der Waals surface area contributed by atoms with E-state index in [0.29, 0.717) is 6.54 Å². The number of hydrogen-bond acceptors (Lipinski definition) is 4. The van der Waals surface area contributed by atoms with E-state index >= 15 is 0 Å². The van der Waals surface area contributed by atoms with Gasteiger partial charge < -0.3 is 5.73 Å². The molecular weight excluding hydrogens is 233 g/mol. The highest BCUT2D eigenvalue weighted by Gasteiger charge is 2.13. The van der Waals surface area contributed by atoms with E-state index in [4.69, 9.17) is 5.73 Å². The molecule has 1 heterocycles. The Balaban J connectivity index is 2.75. The fourth-order valence-corrected chi connectivity index (χ4v) is 1.91. The van der Waals surface area contributed by atoms with Gasteiger partial charge in [-0.3, -0.25) is 4.98 Å². The Labute approximate surface area is 93.2 Å². The SMILES string of the molecule is NC/C=C/CNS(=O)(=O)c1cncc(F)c1. The minimum atomic E-state index is -3.71. The van der Waals surface area contributed by atoms with Crippen LogP contribution in [0.25, 0.3) is 0 Å². The first-order chi connectivity index (χ1) is 7.56. The second kappa shape index (κ2) is 5.69. The van der Waals surface area contributed by atoms with Crippen LogP contribution in [0.5, 0.6) is 0 Å². The highest BCUT2D eigenvalue weighted by Crippen LogP contribution is 2.07. The normalized spacial score (nSPS) is 12.1. The number of pyridine rings is 1. The molecule has 1 aromatic rings. The summed E-state index contributed by atoms with van der Waals surface area (Å²) in [5.74, 6) is -0.694. The zero-order valence-corrected chi connectivity index (χ0v) is 9.24. The summed E-state index contributed by atoms with van der Waals surface area (Å²) in [6.07, 6.45) is 5.21. The maximum Gasteiger partial charge on any atom is 0.242 e. The summed E-state index contributed by atoms with van der Waals surface area (Å²) in [6, 6.07) is 0.905. The van der Waals surface area contributed by atoms with Crippen LogP contribution in [-0.2, 0) is 10.0 Å². The van der Waals surface area contributed by atoms with Crippen molar-refractivity contribution in [3.05, 3.63) is 36.4 Å². The second-order valence-electron chi connectivity index (χ2n) is 2.90. The van der Waals surface area contributed by atoms with E-state index in [-0.39, 0.29) is 11.4 Å². The summed E-state index contributed by atoms with van der Waals surface area (Å²) in [4.78, 5) is 3.26. The summed E-state index contributed by atoms with van der Waals surface area (Å²) in [7, 11) is -3.71. The van der Waals surface area contributed by atoms with Gasteiger partial charge >= 0.3 is 0 Å². The maximum atomic E-state index is 12.8. The van der Waals surface area contributed by atoms with Gasteiger partial charge in [-0.2, -0.15) is 0 Å². The number of aromatic nitrogens is 1. The molecule has 0 aliphatic carbocycles. The van der Waals surface area contributed by atoms with Crippen LogP contribution < -0.4 is 10.5 Å². The summed E-state index contributed by atoms with van der Waals surface area (Å²) >= 11 is 0. The highest BCUT2D eigenvalue weighted by molar-refractivity contribution is 7.89. The first kappa shape index (κ1) is 12.8. The van der Waals surface area contributed by atoms with Crippen LogP contribution in [0.15, 0.2) is 35.5 Å². The molecule has 3 N–H and O–H groups in total. The summed E-state index contributed by atoms with van der Waals surface area (Å²) < 4.78 is 38.1. The number of hydrogen-bond donors (Lipinski definition) is 2. The Hall–Kier alpha value is -1.31. The molecule has 7 heteroatoms. The molecule has 0 aliphatic rings. The minimum absolute atomic E-state index is 0.107. The summed E-state index contributed by atoms with van der Waals surface area (Å²) in [5.41, 5.74) is 5.19. The van der Waals surface area contributed by atoms with E-state index in [1.807, 2.05) is 0 Å². The third-order valence-corrected chi connectivity index (χ3v) is 3.07. The Kier molecular flexibility index (Phi) is 4.53. The van der Waals surface area contributed by atoms with Crippen molar-refractivity contribution in [2.75, 3.05) is 13.1 Å². The highest BCUT2D eigenvalue weighted by atomic mass is 32.2. The van der Waals surface area contributed by atoms with Gasteiger partial charge in [-0.25, -0.2) is 17.5 Å². The molecule has 0 aliphatic heterocycles. The Morgan fingerprint density at radius 3 is 2.81 bits per heavy atom. The van der Waals surface area contributed by atoms with Gasteiger partial charge in [-0.1, -0.05) is 12.2 Å². The lowest BCUT2D eigenvalue weighted by molar-refractivity contribution is 0.579. The predicted molar refractivity (Wildman–Crippen MR) is 57.6 cm³/mol. The van der Waals surface area contributed by atoms with Crippen molar-refractivity contribution < 1.29 is 12.8 Å². The lowest BCUT2D eigenvalue weighted by atomic mass is 10.5. The number of rotatable bonds is 5. The number of nitrogens with two attached hydrogens (primary N) is 1. The van der Waals surface area contributed by atoms with Crippen LogP contribution in [0, 0.1) is 5.82 Å². The fraction of sp³-hybridized carbons (Fsp3) is 0.222. The largest absolute Gasteiger partial charge is 0.327 e. The molecule has 16 heavy (non-hydrogen) atoms. The molecule has 0 bridgehead atoms. The van der Waals surface area contributed by atoms with Crippen LogP contribution in [0.4, 0.5) is 4.39 Å². The molecule has 0 spiro atoms. The summed E-state index contributed by atoms with van der Waals surface area (Å²) in [6.45, 7) is 0.444. The van der Waals surface area contributed by atoms with Gasteiger partial charge in [0.1, 0.15) is 10.7 Å². The van der Waals surface area contributed by atoms with Gasteiger partial charge in [0.25, 0.3) is 0 Å². The first-order valence-electron chi connectivity index (χ1n) is 4.51. The van der Waals surface area contributed by atoms with Gasteiger partial charge in [0.2, 0.25) is 10.0 Å². The molecule has 1 rings (SSSR count). The van der Waals surface area contributed by atoms with E-state index < -0.39 is 15.8 Å².